The molecule has 1 atom stereocenters. The number of aromatic nitrogens is 1. The molecule has 20 heavy (non-hydrogen) atoms. The molecule has 1 aliphatic heterocycles. The molecule has 2 amide bonds. The number of carbonyl (C=O) groups is 1. The summed E-state index contributed by atoms with van der Waals surface area (Å²) < 4.78 is 2.27. The van der Waals surface area contributed by atoms with Gasteiger partial charge in [0.15, 0.2) is 0 Å². The first-order valence-electron chi connectivity index (χ1n) is 7.70. The average molecular weight is 277 g/mol. The van der Waals surface area contributed by atoms with Crippen molar-refractivity contribution in [1.29, 1.82) is 0 Å². The molecule has 0 aliphatic carbocycles. The van der Waals surface area contributed by atoms with Crippen LogP contribution in [0.2, 0.25) is 0 Å². The summed E-state index contributed by atoms with van der Waals surface area (Å²) in [6.07, 6.45) is 3.14. The summed E-state index contributed by atoms with van der Waals surface area (Å²) >= 11 is 0. The first-order valence-corrected chi connectivity index (χ1v) is 7.70. The van der Waals surface area contributed by atoms with Crippen LogP contribution in [0.5, 0.6) is 0 Å². The van der Waals surface area contributed by atoms with Gasteiger partial charge in [0.05, 0.1) is 6.04 Å². The fourth-order valence-electron chi connectivity index (χ4n) is 2.91. The summed E-state index contributed by atoms with van der Waals surface area (Å²) in [7, 11) is 0. The normalized spacial score (nSPS) is 18.5. The van der Waals surface area contributed by atoms with Crippen molar-refractivity contribution in [2.45, 2.75) is 46.7 Å². The summed E-state index contributed by atoms with van der Waals surface area (Å²) in [5.74, 6) is 1.04. The van der Waals surface area contributed by atoms with Gasteiger partial charge in [-0.15, -0.1) is 0 Å². The third kappa shape index (κ3) is 3.17. The smallest absolute Gasteiger partial charge is 0.318 e. The lowest BCUT2D eigenvalue weighted by atomic mass is 9.97. The number of nitrogens with zero attached hydrogens (tertiary/aromatic N) is 2. The maximum Gasteiger partial charge on any atom is 0.318 e. The zero-order valence-corrected chi connectivity index (χ0v) is 13.1. The summed E-state index contributed by atoms with van der Waals surface area (Å²) in [5, 5.41) is 3.07. The molecule has 1 aliphatic rings. The molecule has 0 fully saturated rings. The lowest BCUT2D eigenvalue weighted by Crippen LogP contribution is -2.48. The van der Waals surface area contributed by atoms with E-state index in [4.69, 9.17) is 0 Å². The van der Waals surface area contributed by atoms with Crippen LogP contribution < -0.4 is 5.32 Å². The average Bonchev–Trinajstić information content (AvgIpc) is 2.84. The van der Waals surface area contributed by atoms with Gasteiger partial charge in [-0.1, -0.05) is 27.7 Å². The predicted molar refractivity (Wildman–Crippen MR) is 81.6 cm³/mol. The first-order chi connectivity index (χ1) is 9.50. The largest absolute Gasteiger partial charge is 0.348 e. The van der Waals surface area contributed by atoms with Gasteiger partial charge in [-0.05, 0) is 30.4 Å². The molecule has 112 valence electrons. The Morgan fingerprint density at radius 2 is 2.10 bits per heavy atom. The molecule has 2 rings (SSSR count). The van der Waals surface area contributed by atoms with Crippen molar-refractivity contribution in [3.63, 3.8) is 0 Å². The van der Waals surface area contributed by atoms with Crippen molar-refractivity contribution in [2.24, 2.45) is 11.8 Å². The zero-order valence-electron chi connectivity index (χ0n) is 13.1. The van der Waals surface area contributed by atoms with Gasteiger partial charge in [0.1, 0.15) is 0 Å². The van der Waals surface area contributed by atoms with Crippen LogP contribution in [-0.4, -0.2) is 28.6 Å². The molecule has 1 N–H and O–H groups in total. The minimum Gasteiger partial charge on any atom is -0.348 e. The number of nitrogens with one attached hydrogen (secondary N) is 1. The Hall–Kier alpha value is -1.45. The Labute approximate surface area is 122 Å². The Morgan fingerprint density at radius 1 is 1.35 bits per heavy atom. The van der Waals surface area contributed by atoms with E-state index in [1.54, 1.807) is 0 Å². The molecule has 0 bridgehead atoms. The van der Waals surface area contributed by atoms with Crippen molar-refractivity contribution in [2.75, 3.05) is 13.1 Å². The summed E-state index contributed by atoms with van der Waals surface area (Å²) in [5.41, 5.74) is 1.25. The van der Waals surface area contributed by atoms with Gasteiger partial charge in [-0.25, -0.2) is 4.79 Å². The number of rotatable bonds is 4. The molecule has 4 nitrogen and oxygen atoms in total. The van der Waals surface area contributed by atoms with Gasteiger partial charge >= 0.3 is 6.03 Å². The van der Waals surface area contributed by atoms with Gasteiger partial charge < -0.3 is 14.8 Å². The van der Waals surface area contributed by atoms with E-state index in [9.17, 15) is 4.79 Å². The molecule has 0 saturated carbocycles. The number of fused-ring (bicyclic) bond motifs is 1. The second kappa shape index (κ2) is 6.33. The van der Waals surface area contributed by atoms with Crippen LogP contribution >= 0.6 is 0 Å². The number of carbonyl (C=O) groups excluding carboxylic acids is 1. The van der Waals surface area contributed by atoms with Crippen LogP contribution in [0.4, 0.5) is 4.79 Å². The molecule has 0 spiro atoms. The minimum atomic E-state index is 0.0804. The molecule has 0 unspecified atom stereocenters. The van der Waals surface area contributed by atoms with E-state index in [-0.39, 0.29) is 12.1 Å². The van der Waals surface area contributed by atoms with Crippen molar-refractivity contribution >= 4 is 6.03 Å². The van der Waals surface area contributed by atoms with E-state index >= 15 is 0 Å². The third-order valence-corrected chi connectivity index (χ3v) is 3.98. The Morgan fingerprint density at radius 3 is 2.75 bits per heavy atom. The van der Waals surface area contributed by atoms with Crippen LogP contribution in [0.1, 0.15) is 45.9 Å². The fraction of sp³-hybridized carbons (Fsp3) is 0.688. The highest BCUT2D eigenvalue weighted by Gasteiger charge is 2.32. The van der Waals surface area contributed by atoms with Gasteiger partial charge in [0, 0.05) is 31.5 Å². The van der Waals surface area contributed by atoms with Crippen LogP contribution in [0.3, 0.4) is 0 Å². The summed E-state index contributed by atoms with van der Waals surface area (Å²) in [6, 6.07) is 4.47. The lowest BCUT2D eigenvalue weighted by Gasteiger charge is -2.39. The predicted octanol–water partition coefficient (Wildman–Crippen LogP) is 3.26. The minimum absolute atomic E-state index is 0.0804. The van der Waals surface area contributed by atoms with Crippen molar-refractivity contribution in [1.82, 2.24) is 14.8 Å². The van der Waals surface area contributed by atoms with Crippen LogP contribution in [0.15, 0.2) is 18.3 Å². The second-order valence-corrected chi connectivity index (χ2v) is 6.42. The summed E-state index contributed by atoms with van der Waals surface area (Å²) in [4.78, 5) is 14.4. The molecule has 0 radical (unpaired) electrons. The molecule has 0 aromatic carbocycles. The van der Waals surface area contributed by atoms with E-state index in [1.807, 2.05) is 4.90 Å². The van der Waals surface area contributed by atoms with E-state index in [2.05, 4.69) is 55.9 Å². The van der Waals surface area contributed by atoms with Crippen molar-refractivity contribution < 1.29 is 4.79 Å². The highest BCUT2D eigenvalue weighted by atomic mass is 16.2. The van der Waals surface area contributed by atoms with Gasteiger partial charge in [0.25, 0.3) is 0 Å². The molecule has 2 heterocycles. The molecular formula is C16H27N3O. The number of hydrogen-bond donors (Lipinski definition) is 1. The van der Waals surface area contributed by atoms with Gasteiger partial charge in [-0.2, -0.15) is 0 Å². The van der Waals surface area contributed by atoms with Gasteiger partial charge in [-0.3, -0.25) is 0 Å². The maximum atomic E-state index is 12.4. The van der Waals surface area contributed by atoms with E-state index in [1.165, 1.54) is 5.69 Å². The maximum absolute atomic E-state index is 12.4. The van der Waals surface area contributed by atoms with Gasteiger partial charge in [0.2, 0.25) is 0 Å². The Bertz CT molecular complexity index is 450. The standard InChI is InChI=1S/C16H27N3O/c1-12(2)7-8-17-16(20)19-11-10-18-9-5-6-14(18)15(19)13(3)4/h5-6,9,12-13,15H,7-8,10-11H2,1-4H3,(H,17,20)/t15-/m0/s1. The highest BCUT2D eigenvalue weighted by molar-refractivity contribution is 5.74. The molecule has 0 saturated heterocycles. The van der Waals surface area contributed by atoms with E-state index in [0.717, 1.165) is 26.1 Å². The Balaban J connectivity index is 2.05. The van der Waals surface area contributed by atoms with Crippen LogP contribution in [0, 0.1) is 11.8 Å². The lowest BCUT2D eigenvalue weighted by molar-refractivity contribution is 0.133. The zero-order chi connectivity index (χ0) is 14.7. The monoisotopic (exact) mass is 277 g/mol. The van der Waals surface area contributed by atoms with E-state index in [0.29, 0.717) is 11.8 Å². The fourth-order valence-corrected chi connectivity index (χ4v) is 2.91. The molecule has 4 heteroatoms. The molecule has 1 aromatic rings. The van der Waals surface area contributed by atoms with Crippen molar-refractivity contribution in [3.8, 4) is 0 Å². The number of amides is 2. The second-order valence-electron chi connectivity index (χ2n) is 6.42. The number of hydrogen-bond acceptors (Lipinski definition) is 1. The quantitative estimate of drug-likeness (QED) is 0.901. The topological polar surface area (TPSA) is 37.3 Å². The SMILES string of the molecule is CC(C)CCNC(=O)N1CCn2cccc2[C@@H]1C(C)C. The molecule has 1 aromatic heterocycles. The highest BCUT2D eigenvalue weighted by Crippen LogP contribution is 2.32. The van der Waals surface area contributed by atoms with Crippen LogP contribution in [0.25, 0.3) is 0 Å². The first kappa shape index (κ1) is 14.9. The van der Waals surface area contributed by atoms with E-state index < -0.39 is 0 Å². The van der Waals surface area contributed by atoms with Crippen molar-refractivity contribution in [3.05, 3.63) is 24.0 Å². The van der Waals surface area contributed by atoms with Crippen LogP contribution in [-0.2, 0) is 6.54 Å². The Kier molecular flexibility index (Phi) is 4.73. The molecular weight excluding hydrogens is 250 g/mol. The third-order valence-electron chi connectivity index (χ3n) is 3.98. The summed E-state index contributed by atoms with van der Waals surface area (Å²) in [6.45, 7) is 11.2. The number of urea groups is 1.